The second kappa shape index (κ2) is 11.9. The van der Waals surface area contributed by atoms with Gasteiger partial charge in [0, 0.05) is 13.1 Å². The second-order valence-corrected chi connectivity index (χ2v) is 6.06. The van der Waals surface area contributed by atoms with E-state index in [-0.39, 0.29) is 6.10 Å². The lowest BCUT2D eigenvalue weighted by Crippen LogP contribution is -2.38. The maximum Gasteiger partial charge on any atom is 0.191 e. The van der Waals surface area contributed by atoms with Gasteiger partial charge in [-0.3, -0.25) is 0 Å². The molecule has 5 nitrogen and oxygen atoms in total. The lowest BCUT2D eigenvalue weighted by Gasteiger charge is -2.16. The first-order valence-electron chi connectivity index (χ1n) is 8.02. The summed E-state index contributed by atoms with van der Waals surface area (Å²) in [5.74, 6) is 3.48. The van der Waals surface area contributed by atoms with Crippen LogP contribution in [-0.2, 0) is 0 Å². The van der Waals surface area contributed by atoms with Crippen molar-refractivity contribution in [3.8, 4) is 11.5 Å². The minimum Gasteiger partial charge on any atom is -0.493 e. The Kier molecular flexibility index (Phi) is 10.1. The number of aliphatic imine (C=N–C) groups is 1. The standard InChI is InChI=1S/C17H29N3O2S/c1-5-18-17(19-11-8-12-23-4)20-13-14(2)22-16-10-7-6-9-15(16)21-3/h6-7,9-10,14H,5,8,11-13H2,1-4H3,(H2,18,19,20). The minimum absolute atomic E-state index is 0.0343. The molecular weight excluding hydrogens is 310 g/mol. The van der Waals surface area contributed by atoms with Crippen molar-refractivity contribution in [2.75, 3.05) is 38.8 Å². The number of guanidine groups is 1. The van der Waals surface area contributed by atoms with E-state index in [0.29, 0.717) is 6.54 Å². The molecule has 6 heteroatoms. The summed E-state index contributed by atoms with van der Waals surface area (Å²) >= 11 is 1.86. The number of nitrogens with one attached hydrogen (secondary N) is 2. The molecule has 0 saturated carbocycles. The van der Waals surface area contributed by atoms with Crippen LogP contribution in [0.3, 0.4) is 0 Å². The molecule has 0 saturated heterocycles. The van der Waals surface area contributed by atoms with Gasteiger partial charge in [-0.05, 0) is 44.4 Å². The van der Waals surface area contributed by atoms with E-state index >= 15 is 0 Å². The third-order valence-corrected chi connectivity index (χ3v) is 3.76. The summed E-state index contributed by atoms with van der Waals surface area (Å²) in [6, 6.07) is 7.66. The number of hydrogen-bond acceptors (Lipinski definition) is 4. The first-order chi connectivity index (χ1) is 11.2. The molecule has 1 rings (SSSR count). The van der Waals surface area contributed by atoms with Crippen LogP contribution in [0.2, 0.25) is 0 Å². The number of hydrogen-bond donors (Lipinski definition) is 2. The molecule has 2 N–H and O–H groups in total. The van der Waals surface area contributed by atoms with Gasteiger partial charge >= 0.3 is 0 Å². The first kappa shape index (κ1) is 19.5. The summed E-state index contributed by atoms with van der Waals surface area (Å²) in [5, 5.41) is 6.60. The Balaban J connectivity index is 2.50. The highest BCUT2D eigenvalue weighted by molar-refractivity contribution is 7.98. The largest absolute Gasteiger partial charge is 0.493 e. The van der Waals surface area contributed by atoms with Crippen molar-refractivity contribution in [3.63, 3.8) is 0 Å². The molecule has 0 aliphatic carbocycles. The predicted octanol–water partition coefficient (Wildman–Crippen LogP) is 2.77. The number of nitrogens with zero attached hydrogens (tertiary/aromatic N) is 1. The number of methoxy groups -OCH3 is 1. The Morgan fingerprint density at radius 2 is 2.00 bits per heavy atom. The van der Waals surface area contributed by atoms with Crippen molar-refractivity contribution in [3.05, 3.63) is 24.3 Å². The molecule has 0 radical (unpaired) electrons. The predicted molar refractivity (Wildman–Crippen MR) is 100 cm³/mol. The monoisotopic (exact) mass is 339 g/mol. The van der Waals surface area contributed by atoms with Crippen LogP contribution in [0.25, 0.3) is 0 Å². The molecule has 0 amide bonds. The van der Waals surface area contributed by atoms with E-state index in [1.54, 1.807) is 7.11 Å². The fourth-order valence-electron chi connectivity index (χ4n) is 1.96. The van der Waals surface area contributed by atoms with Gasteiger partial charge in [-0.15, -0.1) is 0 Å². The zero-order valence-corrected chi connectivity index (χ0v) is 15.4. The molecule has 23 heavy (non-hydrogen) atoms. The Morgan fingerprint density at radius 1 is 1.26 bits per heavy atom. The van der Waals surface area contributed by atoms with Gasteiger partial charge in [0.15, 0.2) is 17.5 Å². The molecule has 130 valence electrons. The summed E-state index contributed by atoms with van der Waals surface area (Å²) < 4.78 is 11.2. The van der Waals surface area contributed by atoms with Crippen molar-refractivity contribution >= 4 is 17.7 Å². The number of thioether (sulfide) groups is 1. The fraction of sp³-hybridized carbons (Fsp3) is 0.588. The summed E-state index contributed by atoms with van der Waals surface area (Å²) in [7, 11) is 1.65. The van der Waals surface area contributed by atoms with Gasteiger partial charge < -0.3 is 20.1 Å². The highest BCUT2D eigenvalue weighted by Crippen LogP contribution is 2.26. The number of benzene rings is 1. The van der Waals surface area contributed by atoms with Gasteiger partial charge in [0.1, 0.15) is 6.10 Å². The summed E-state index contributed by atoms with van der Waals surface area (Å²) in [6.45, 7) is 6.42. The van der Waals surface area contributed by atoms with E-state index in [1.165, 1.54) is 0 Å². The highest BCUT2D eigenvalue weighted by Gasteiger charge is 2.08. The number of ether oxygens (including phenoxy) is 2. The summed E-state index contributed by atoms with van der Waals surface area (Å²) in [5.41, 5.74) is 0. The van der Waals surface area contributed by atoms with Crippen molar-refractivity contribution in [2.45, 2.75) is 26.4 Å². The molecule has 0 aromatic heterocycles. The average Bonchev–Trinajstić information content (AvgIpc) is 2.57. The van der Waals surface area contributed by atoms with Gasteiger partial charge in [0.25, 0.3) is 0 Å². The number of rotatable bonds is 10. The Labute approximate surface area is 144 Å². The van der Waals surface area contributed by atoms with Crippen molar-refractivity contribution in [1.29, 1.82) is 0 Å². The average molecular weight is 340 g/mol. The van der Waals surface area contributed by atoms with Crippen LogP contribution in [0.5, 0.6) is 11.5 Å². The number of para-hydroxylation sites is 2. The lowest BCUT2D eigenvalue weighted by atomic mass is 10.3. The molecule has 0 heterocycles. The van der Waals surface area contributed by atoms with Gasteiger partial charge in [0.2, 0.25) is 0 Å². The molecule has 0 aliphatic rings. The van der Waals surface area contributed by atoms with E-state index in [9.17, 15) is 0 Å². The zero-order chi connectivity index (χ0) is 16.9. The smallest absolute Gasteiger partial charge is 0.191 e. The van der Waals surface area contributed by atoms with E-state index in [2.05, 4.69) is 28.8 Å². The van der Waals surface area contributed by atoms with E-state index in [4.69, 9.17) is 9.47 Å². The van der Waals surface area contributed by atoms with Crippen molar-refractivity contribution in [1.82, 2.24) is 10.6 Å². The SMILES string of the molecule is CCNC(=NCC(C)Oc1ccccc1OC)NCCCSC. The topological polar surface area (TPSA) is 54.9 Å². The van der Waals surface area contributed by atoms with Crippen LogP contribution >= 0.6 is 11.8 Å². The van der Waals surface area contributed by atoms with Crippen LogP contribution in [0, 0.1) is 0 Å². The molecule has 1 aromatic carbocycles. The molecule has 1 aromatic rings. The summed E-state index contributed by atoms with van der Waals surface area (Å²) in [4.78, 5) is 4.58. The van der Waals surface area contributed by atoms with Crippen molar-refractivity contribution < 1.29 is 9.47 Å². The molecule has 0 fully saturated rings. The highest BCUT2D eigenvalue weighted by atomic mass is 32.2. The Morgan fingerprint density at radius 3 is 2.65 bits per heavy atom. The first-order valence-corrected chi connectivity index (χ1v) is 9.41. The summed E-state index contributed by atoms with van der Waals surface area (Å²) in [6.07, 6.45) is 3.21. The molecule has 0 spiro atoms. The normalized spacial score (nSPS) is 12.6. The lowest BCUT2D eigenvalue weighted by molar-refractivity contribution is 0.219. The molecule has 0 aliphatic heterocycles. The van der Waals surface area contributed by atoms with Crippen LogP contribution in [0.15, 0.2) is 29.3 Å². The molecule has 1 unspecified atom stereocenters. The van der Waals surface area contributed by atoms with E-state index < -0.39 is 0 Å². The van der Waals surface area contributed by atoms with E-state index in [1.807, 2.05) is 43.0 Å². The Bertz CT molecular complexity index is 469. The van der Waals surface area contributed by atoms with Gasteiger partial charge in [-0.25, -0.2) is 4.99 Å². The zero-order valence-electron chi connectivity index (χ0n) is 14.6. The van der Waals surface area contributed by atoms with Crippen LogP contribution in [0.4, 0.5) is 0 Å². The van der Waals surface area contributed by atoms with Gasteiger partial charge in [-0.1, -0.05) is 12.1 Å². The quantitative estimate of drug-likeness (QED) is 0.390. The van der Waals surface area contributed by atoms with Gasteiger partial charge in [-0.2, -0.15) is 11.8 Å². The Hall–Kier alpha value is -1.56. The molecule has 0 bridgehead atoms. The van der Waals surface area contributed by atoms with Crippen LogP contribution in [-0.4, -0.2) is 50.8 Å². The minimum atomic E-state index is -0.0343. The van der Waals surface area contributed by atoms with E-state index in [0.717, 1.165) is 42.7 Å². The van der Waals surface area contributed by atoms with Gasteiger partial charge in [0.05, 0.1) is 13.7 Å². The molecular formula is C17H29N3O2S. The second-order valence-electron chi connectivity index (χ2n) is 5.07. The maximum absolute atomic E-state index is 5.92. The van der Waals surface area contributed by atoms with Crippen LogP contribution < -0.4 is 20.1 Å². The maximum atomic E-state index is 5.92. The third kappa shape index (κ3) is 8.02. The van der Waals surface area contributed by atoms with Crippen LogP contribution in [0.1, 0.15) is 20.3 Å². The molecule has 1 atom stereocenters. The third-order valence-electron chi connectivity index (χ3n) is 3.07. The fourth-order valence-corrected chi connectivity index (χ4v) is 2.39. The van der Waals surface area contributed by atoms with Crippen molar-refractivity contribution in [2.24, 2.45) is 4.99 Å².